The molecular formula is C10H10O3. The Kier molecular flexibility index (Phi) is 2.80. The van der Waals surface area contributed by atoms with Crippen molar-refractivity contribution in [1.82, 2.24) is 0 Å². The Bertz CT molecular complexity index is 342. The van der Waals surface area contributed by atoms with Crippen LogP contribution in [0, 0.1) is 0 Å². The average molecular weight is 178 g/mol. The van der Waals surface area contributed by atoms with Crippen LogP contribution in [0.3, 0.4) is 0 Å². The highest BCUT2D eigenvalue weighted by Crippen LogP contribution is 2.10. The zero-order valence-corrected chi connectivity index (χ0v) is 7.28. The number of carboxylic acid groups (broad SMARTS) is 1. The van der Waals surface area contributed by atoms with E-state index in [1.165, 1.54) is 12.1 Å². The fraction of sp³-hybridized carbons (Fsp3) is 0.200. The number of benzene rings is 1. The van der Waals surface area contributed by atoms with E-state index >= 15 is 0 Å². The lowest BCUT2D eigenvalue weighted by molar-refractivity contribution is 0.0697. The lowest BCUT2D eigenvalue weighted by Gasteiger charge is -2.01. The average Bonchev–Trinajstić information content (AvgIpc) is 2.16. The zero-order chi connectivity index (χ0) is 9.84. The number of carbonyl (C=O) groups excluding carboxylic acids is 1. The summed E-state index contributed by atoms with van der Waals surface area (Å²) in [6.07, 6.45) is 1.42. The first-order chi connectivity index (χ1) is 6.19. The lowest BCUT2D eigenvalue weighted by atomic mass is 10.0. The maximum absolute atomic E-state index is 10.6. The molecule has 0 radical (unpaired) electrons. The number of aldehydes is 1. The molecule has 0 aliphatic rings. The standard InChI is InChI=1S/C10H10O3/c1-2-7-3-4-8(10(12)13)5-9(7)6-11/h3-6H,2H2,1H3,(H,12,13). The smallest absolute Gasteiger partial charge is 0.335 e. The molecule has 0 bridgehead atoms. The van der Waals surface area contributed by atoms with Crippen molar-refractivity contribution in [3.05, 3.63) is 34.9 Å². The molecule has 0 fully saturated rings. The van der Waals surface area contributed by atoms with Gasteiger partial charge in [0.25, 0.3) is 0 Å². The van der Waals surface area contributed by atoms with Gasteiger partial charge < -0.3 is 5.11 Å². The van der Waals surface area contributed by atoms with E-state index in [1.807, 2.05) is 6.92 Å². The van der Waals surface area contributed by atoms with Gasteiger partial charge in [-0.1, -0.05) is 13.0 Å². The minimum Gasteiger partial charge on any atom is -0.478 e. The molecule has 1 rings (SSSR count). The van der Waals surface area contributed by atoms with Crippen molar-refractivity contribution in [2.75, 3.05) is 0 Å². The van der Waals surface area contributed by atoms with Crippen LogP contribution in [-0.2, 0) is 6.42 Å². The van der Waals surface area contributed by atoms with Crippen molar-refractivity contribution >= 4 is 12.3 Å². The van der Waals surface area contributed by atoms with E-state index in [-0.39, 0.29) is 5.56 Å². The van der Waals surface area contributed by atoms with E-state index < -0.39 is 5.97 Å². The van der Waals surface area contributed by atoms with Gasteiger partial charge in [0.1, 0.15) is 6.29 Å². The summed E-state index contributed by atoms with van der Waals surface area (Å²) >= 11 is 0. The van der Waals surface area contributed by atoms with Crippen LogP contribution in [0.1, 0.15) is 33.2 Å². The highest BCUT2D eigenvalue weighted by molar-refractivity contribution is 5.90. The van der Waals surface area contributed by atoms with Gasteiger partial charge in [-0.15, -0.1) is 0 Å². The Morgan fingerprint density at radius 1 is 1.54 bits per heavy atom. The van der Waals surface area contributed by atoms with Gasteiger partial charge in [0.05, 0.1) is 5.56 Å². The van der Waals surface area contributed by atoms with Gasteiger partial charge in [0, 0.05) is 5.56 Å². The second kappa shape index (κ2) is 3.85. The Hall–Kier alpha value is -1.64. The minimum atomic E-state index is -1.01. The van der Waals surface area contributed by atoms with Crippen molar-refractivity contribution in [1.29, 1.82) is 0 Å². The summed E-state index contributed by atoms with van der Waals surface area (Å²) in [6, 6.07) is 4.58. The van der Waals surface area contributed by atoms with Crippen molar-refractivity contribution in [2.24, 2.45) is 0 Å². The van der Waals surface area contributed by atoms with Crippen molar-refractivity contribution in [3.63, 3.8) is 0 Å². The van der Waals surface area contributed by atoms with Gasteiger partial charge in [-0.3, -0.25) is 4.79 Å². The molecule has 0 saturated heterocycles. The normalized spacial score (nSPS) is 9.62. The molecule has 0 amide bonds. The molecule has 68 valence electrons. The molecule has 1 aromatic carbocycles. The molecule has 0 unspecified atom stereocenters. The Balaban J connectivity index is 3.20. The van der Waals surface area contributed by atoms with Gasteiger partial charge in [-0.05, 0) is 24.1 Å². The van der Waals surface area contributed by atoms with Crippen LogP contribution >= 0.6 is 0 Å². The summed E-state index contributed by atoms with van der Waals surface area (Å²) in [5.74, 6) is -1.01. The van der Waals surface area contributed by atoms with Gasteiger partial charge in [-0.2, -0.15) is 0 Å². The molecule has 0 heterocycles. The maximum Gasteiger partial charge on any atom is 0.335 e. The number of carboxylic acids is 1. The van der Waals surface area contributed by atoms with E-state index in [0.29, 0.717) is 11.8 Å². The molecule has 13 heavy (non-hydrogen) atoms. The number of carbonyl (C=O) groups is 2. The fourth-order valence-electron chi connectivity index (χ4n) is 1.16. The Morgan fingerprint density at radius 3 is 2.69 bits per heavy atom. The van der Waals surface area contributed by atoms with E-state index in [4.69, 9.17) is 5.11 Å². The van der Waals surface area contributed by atoms with Crippen LogP contribution in [0.2, 0.25) is 0 Å². The van der Waals surface area contributed by atoms with Crippen LogP contribution in [-0.4, -0.2) is 17.4 Å². The van der Waals surface area contributed by atoms with Crippen LogP contribution < -0.4 is 0 Å². The first-order valence-corrected chi connectivity index (χ1v) is 4.00. The summed E-state index contributed by atoms with van der Waals surface area (Å²) in [5, 5.41) is 8.65. The third-order valence-electron chi connectivity index (χ3n) is 1.90. The predicted molar refractivity (Wildman–Crippen MR) is 48.2 cm³/mol. The first-order valence-electron chi connectivity index (χ1n) is 4.00. The van der Waals surface area contributed by atoms with Crippen LogP contribution in [0.5, 0.6) is 0 Å². The molecule has 0 aromatic heterocycles. The third kappa shape index (κ3) is 1.93. The molecule has 0 saturated carbocycles. The maximum atomic E-state index is 10.6. The summed E-state index contributed by atoms with van der Waals surface area (Å²) in [6.45, 7) is 1.92. The monoisotopic (exact) mass is 178 g/mol. The van der Waals surface area contributed by atoms with Crippen LogP contribution in [0.4, 0.5) is 0 Å². The van der Waals surface area contributed by atoms with Crippen molar-refractivity contribution < 1.29 is 14.7 Å². The highest BCUT2D eigenvalue weighted by atomic mass is 16.4. The van der Waals surface area contributed by atoms with E-state index in [0.717, 1.165) is 12.0 Å². The minimum absolute atomic E-state index is 0.152. The van der Waals surface area contributed by atoms with Crippen molar-refractivity contribution in [3.8, 4) is 0 Å². The predicted octanol–water partition coefficient (Wildman–Crippen LogP) is 1.76. The van der Waals surface area contributed by atoms with Gasteiger partial charge in [0.2, 0.25) is 0 Å². The van der Waals surface area contributed by atoms with Gasteiger partial charge >= 0.3 is 5.97 Å². The number of hydrogen-bond donors (Lipinski definition) is 1. The van der Waals surface area contributed by atoms with E-state index in [2.05, 4.69) is 0 Å². The topological polar surface area (TPSA) is 54.4 Å². The molecule has 0 spiro atoms. The molecule has 0 aliphatic carbocycles. The number of aromatic carboxylic acids is 1. The van der Waals surface area contributed by atoms with Gasteiger partial charge in [0.15, 0.2) is 0 Å². The zero-order valence-electron chi connectivity index (χ0n) is 7.28. The summed E-state index contributed by atoms with van der Waals surface area (Å²) in [4.78, 5) is 21.1. The summed E-state index contributed by atoms with van der Waals surface area (Å²) in [7, 11) is 0. The molecule has 1 aromatic rings. The second-order valence-electron chi connectivity index (χ2n) is 2.69. The molecule has 0 atom stereocenters. The number of hydrogen-bond acceptors (Lipinski definition) is 2. The van der Waals surface area contributed by atoms with Crippen molar-refractivity contribution in [2.45, 2.75) is 13.3 Å². The van der Waals surface area contributed by atoms with Crippen LogP contribution in [0.15, 0.2) is 18.2 Å². The van der Waals surface area contributed by atoms with Gasteiger partial charge in [-0.25, -0.2) is 4.79 Å². The summed E-state index contributed by atoms with van der Waals surface area (Å²) < 4.78 is 0. The van der Waals surface area contributed by atoms with E-state index in [1.54, 1.807) is 6.07 Å². The number of aryl methyl sites for hydroxylation is 1. The SMILES string of the molecule is CCc1ccc(C(=O)O)cc1C=O. The van der Waals surface area contributed by atoms with E-state index in [9.17, 15) is 9.59 Å². The Morgan fingerprint density at radius 2 is 2.23 bits per heavy atom. The summed E-state index contributed by atoms with van der Waals surface area (Å²) in [5.41, 5.74) is 1.49. The molecule has 3 heteroatoms. The number of rotatable bonds is 3. The molecule has 1 N–H and O–H groups in total. The Labute approximate surface area is 76.0 Å². The molecular weight excluding hydrogens is 168 g/mol. The first kappa shape index (κ1) is 9.45. The fourth-order valence-corrected chi connectivity index (χ4v) is 1.16. The molecule has 3 nitrogen and oxygen atoms in total. The third-order valence-corrected chi connectivity index (χ3v) is 1.90. The van der Waals surface area contributed by atoms with Crippen LogP contribution in [0.25, 0.3) is 0 Å². The lowest BCUT2D eigenvalue weighted by Crippen LogP contribution is -1.99. The second-order valence-corrected chi connectivity index (χ2v) is 2.69. The highest BCUT2D eigenvalue weighted by Gasteiger charge is 2.06. The largest absolute Gasteiger partial charge is 0.478 e. The molecule has 0 aliphatic heterocycles. The quantitative estimate of drug-likeness (QED) is 0.717.